The van der Waals surface area contributed by atoms with Gasteiger partial charge in [-0.05, 0) is 50.5 Å². The first kappa shape index (κ1) is 14.3. The summed E-state index contributed by atoms with van der Waals surface area (Å²) >= 11 is 0. The van der Waals surface area contributed by atoms with Gasteiger partial charge in [0.2, 0.25) is 0 Å². The predicted molar refractivity (Wildman–Crippen MR) is 78.6 cm³/mol. The predicted octanol–water partition coefficient (Wildman–Crippen LogP) is 3.45. The van der Waals surface area contributed by atoms with Crippen molar-refractivity contribution in [2.45, 2.75) is 76.7 Å². The molecule has 2 rings (SSSR count). The van der Waals surface area contributed by atoms with Crippen LogP contribution in [0.3, 0.4) is 0 Å². The molecule has 3 N–H and O–H groups in total. The lowest BCUT2D eigenvalue weighted by atomic mass is 9.89. The van der Waals surface area contributed by atoms with Crippen molar-refractivity contribution in [2.24, 2.45) is 17.6 Å². The van der Waals surface area contributed by atoms with E-state index in [1.165, 1.54) is 70.8 Å². The lowest BCUT2D eigenvalue weighted by Crippen LogP contribution is -2.51. The summed E-state index contributed by atoms with van der Waals surface area (Å²) in [5, 5.41) is 3.83. The summed E-state index contributed by atoms with van der Waals surface area (Å²) in [5.41, 5.74) is 6.36. The molecule has 2 saturated carbocycles. The molecule has 0 aromatic heterocycles. The Morgan fingerprint density at radius 2 is 1.94 bits per heavy atom. The standard InChI is InChI=1S/C16H32N2/c1-2-14-5-3-10-16(13-17,11-9-14)18-12-4-6-15-7-8-15/h14-15,18H,2-13,17H2,1H3. The number of hydrogen-bond acceptors (Lipinski definition) is 2. The Balaban J connectivity index is 1.72. The van der Waals surface area contributed by atoms with E-state index in [1.807, 2.05) is 0 Å². The quantitative estimate of drug-likeness (QED) is 0.538. The minimum Gasteiger partial charge on any atom is -0.329 e. The molecule has 2 heteroatoms. The highest BCUT2D eigenvalue weighted by atomic mass is 15.0. The zero-order valence-corrected chi connectivity index (χ0v) is 12.2. The highest BCUT2D eigenvalue weighted by Gasteiger charge is 2.31. The molecule has 0 spiro atoms. The number of nitrogens with two attached hydrogens (primary N) is 1. The molecule has 18 heavy (non-hydrogen) atoms. The molecule has 0 saturated heterocycles. The third-order valence-electron chi connectivity index (χ3n) is 5.25. The van der Waals surface area contributed by atoms with Crippen LogP contribution in [-0.2, 0) is 0 Å². The Morgan fingerprint density at radius 1 is 1.11 bits per heavy atom. The molecule has 2 nitrogen and oxygen atoms in total. The highest BCUT2D eigenvalue weighted by Crippen LogP contribution is 2.34. The fraction of sp³-hybridized carbons (Fsp3) is 1.00. The van der Waals surface area contributed by atoms with Crippen LogP contribution in [0.5, 0.6) is 0 Å². The van der Waals surface area contributed by atoms with Gasteiger partial charge in [0.1, 0.15) is 0 Å². The maximum Gasteiger partial charge on any atom is 0.0304 e. The minimum atomic E-state index is 0.271. The van der Waals surface area contributed by atoms with E-state index in [1.54, 1.807) is 0 Å². The second-order valence-corrected chi connectivity index (χ2v) is 6.70. The molecule has 2 aliphatic rings. The summed E-state index contributed by atoms with van der Waals surface area (Å²) in [6.07, 6.45) is 13.9. The molecule has 0 aliphatic heterocycles. The second-order valence-electron chi connectivity index (χ2n) is 6.70. The van der Waals surface area contributed by atoms with Gasteiger partial charge < -0.3 is 11.1 Å². The Labute approximate surface area is 113 Å². The largest absolute Gasteiger partial charge is 0.329 e. The first-order valence-corrected chi connectivity index (χ1v) is 8.23. The second kappa shape index (κ2) is 6.91. The van der Waals surface area contributed by atoms with Gasteiger partial charge in [0.05, 0.1) is 0 Å². The molecule has 2 fully saturated rings. The normalized spacial score (nSPS) is 33.3. The molecule has 2 aliphatic carbocycles. The van der Waals surface area contributed by atoms with E-state index in [0.29, 0.717) is 0 Å². The first-order chi connectivity index (χ1) is 8.78. The molecular weight excluding hydrogens is 220 g/mol. The maximum atomic E-state index is 6.09. The van der Waals surface area contributed by atoms with E-state index in [-0.39, 0.29) is 5.54 Å². The van der Waals surface area contributed by atoms with Crippen LogP contribution >= 0.6 is 0 Å². The third kappa shape index (κ3) is 4.24. The van der Waals surface area contributed by atoms with Gasteiger partial charge in [0, 0.05) is 12.1 Å². The van der Waals surface area contributed by atoms with Crippen molar-refractivity contribution in [1.82, 2.24) is 5.32 Å². The summed E-state index contributed by atoms with van der Waals surface area (Å²) in [4.78, 5) is 0. The zero-order valence-electron chi connectivity index (χ0n) is 12.2. The van der Waals surface area contributed by atoms with E-state index in [4.69, 9.17) is 5.73 Å². The third-order valence-corrected chi connectivity index (χ3v) is 5.25. The molecule has 0 aromatic carbocycles. The molecule has 0 radical (unpaired) electrons. The van der Waals surface area contributed by atoms with Crippen molar-refractivity contribution in [1.29, 1.82) is 0 Å². The molecule has 106 valence electrons. The Hall–Kier alpha value is -0.0800. The van der Waals surface area contributed by atoms with E-state index in [9.17, 15) is 0 Å². The number of hydrogen-bond donors (Lipinski definition) is 2. The Bertz CT molecular complexity index is 237. The minimum absolute atomic E-state index is 0.271. The Morgan fingerprint density at radius 3 is 2.61 bits per heavy atom. The number of nitrogens with one attached hydrogen (secondary N) is 1. The van der Waals surface area contributed by atoms with E-state index in [2.05, 4.69) is 12.2 Å². The van der Waals surface area contributed by atoms with Crippen LogP contribution in [0.1, 0.15) is 71.1 Å². The molecule has 0 amide bonds. The van der Waals surface area contributed by atoms with Crippen LogP contribution in [0.2, 0.25) is 0 Å². The fourth-order valence-corrected chi connectivity index (χ4v) is 3.49. The average Bonchev–Trinajstić information content (AvgIpc) is 3.22. The van der Waals surface area contributed by atoms with Crippen molar-refractivity contribution in [3.8, 4) is 0 Å². The fourth-order valence-electron chi connectivity index (χ4n) is 3.49. The molecular formula is C16H32N2. The molecule has 2 atom stereocenters. The van der Waals surface area contributed by atoms with Gasteiger partial charge in [0.25, 0.3) is 0 Å². The van der Waals surface area contributed by atoms with E-state index >= 15 is 0 Å². The smallest absolute Gasteiger partial charge is 0.0304 e. The van der Waals surface area contributed by atoms with Gasteiger partial charge in [-0.25, -0.2) is 0 Å². The van der Waals surface area contributed by atoms with Gasteiger partial charge in [-0.3, -0.25) is 0 Å². The van der Waals surface area contributed by atoms with Crippen LogP contribution in [0.4, 0.5) is 0 Å². The summed E-state index contributed by atoms with van der Waals surface area (Å²) < 4.78 is 0. The van der Waals surface area contributed by atoms with Gasteiger partial charge in [0.15, 0.2) is 0 Å². The molecule has 0 aromatic rings. The van der Waals surface area contributed by atoms with Crippen molar-refractivity contribution >= 4 is 0 Å². The summed E-state index contributed by atoms with van der Waals surface area (Å²) in [5.74, 6) is 2.02. The van der Waals surface area contributed by atoms with Crippen molar-refractivity contribution < 1.29 is 0 Å². The van der Waals surface area contributed by atoms with Gasteiger partial charge in [-0.15, -0.1) is 0 Å². The van der Waals surface area contributed by atoms with E-state index < -0.39 is 0 Å². The average molecular weight is 252 g/mol. The molecule has 0 heterocycles. The first-order valence-electron chi connectivity index (χ1n) is 8.23. The van der Waals surface area contributed by atoms with Crippen LogP contribution in [0.15, 0.2) is 0 Å². The van der Waals surface area contributed by atoms with Crippen LogP contribution in [-0.4, -0.2) is 18.6 Å². The van der Waals surface area contributed by atoms with E-state index in [0.717, 1.165) is 18.4 Å². The van der Waals surface area contributed by atoms with Crippen molar-refractivity contribution in [2.75, 3.05) is 13.1 Å². The topological polar surface area (TPSA) is 38.0 Å². The number of rotatable bonds is 7. The van der Waals surface area contributed by atoms with Gasteiger partial charge in [-0.1, -0.05) is 39.0 Å². The molecule has 2 unspecified atom stereocenters. The van der Waals surface area contributed by atoms with Crippen molar-refractivity contribution in [3.63, 3.8) is 0 Å². The monoisotopic (exact) mass is 252 g/mol. The highest BCUT2D eigenvalue weighted by molar-refractivity contribution is 4.92. The Kier molecular flexibility index (Phi) is 5.50. The van der Waals surface area contributed by atoms with Crippen LogP contribution < -0.4 is 11.1 Å². The van der Waals surface area contributed by atoms with Gasteiger partial charge >= 0.3 is 0 Å². The maximum absolute atomic E-state index is 6.09. The zero-order chi connectivity index (χ0) is 12.8. The lowest BCUT2D eigenvalue weighted by molar-refractivity contribution is 0.285. The van der Waals surface area contributed by atoms with Gasteiger partial charge in [-0.2, -0.15) is 0 Å². The van der Waals surface area contributed by atoms with Crippen LogP contribution in [0, 0.1) is 11.8 Å². The van der Waals surface area contributed by atoms with Crippen LogP contribution in [0.25, 0.3) is 0 Å². The SMILES string of the molecule is CCC1CCCC(CN)(NCCCC2CC2)CC1. The molecule has 0 bridgehead atoms. The summed E-state index contributed by atoms with van der Waals surface area (Å²) in [7, 11) is 0. The summed E-state index contributed by atoms with van der Waals surface area (Å²) in [6, 6.07) is 0. The van der Waals surface area contributed by atoms with Crippen molar-refractivity contribution in [3.05, 3.63) is 0 Å². The lowest BCUT2D eigenvalue weighted by Gasteiger charge is -2.33. The summed E-state index contributed by atoms with van der Waals surface area (Å²) in [6.45, 7) is 4.35.